The summed E-state index contributed by atoms with van der Waals surface area (Å²) < 4.78 is 0. The maximum Gasteiger partial charge on any atom is 0.0966 e. The second-order valence-corrected chi connectivity index (χ2v) is 6.77. The molecular weight excluding hydrogens is 252 g/mol. The largest absolute Gasteiger partial charge is 0.385 e. The molecule has 98 valence electrons. The molecule has 2 aromatic rings. The Hall–Kier alpha value is -1.12. The van der Waals surface area contributed by atoms with Crippen molar-refractivity contribution in [3.8, 4) is 0 Å². The molecule has 1 heterocycles. The number of benzene rings is 1. The first-order valence-electron chi connectivity index (χ1n) is 7.10. The van der Waals surface area contributed by atoms with Gasteiger partial charge < -0.3 is 5.11 Å². The third-order valence-corrected chi connectivity index (χ3v) is 5.83. The van der Waals surface area contributed by atoms with Gasteiger partial charge in [-0.15, -0.1) is 0 Å². The van der Waals surface area contributed by atoms with Gasteiger partial charge in [0, 0.05) is 0 Å². The molecule has 0 saturated heterocycles. The summed E-state index contributed by atoms with van der Waals surface area (Å²) in [5.41, 5.74) is 3.45. The fourth-order valence-corrected chi connectivity index (χ4v) is 4.86. The van der Waals surface area contributed by atoms with E-state index in [1.165, 1.54) is 11.1 Å². The van der Waals surface area contributed by atoms with Gasteiger partial charge in [-0.3, -0.25) is 0 Å². The van der Waals surface area contributed by atoms with Crippen molar-refractivity contribution in [3.05, 3.63) is 57.8 Å². The Balaban J connectivity index is 1.82. The van der Waals surface area contributed by atoms with Crippen LogP contribution >= 0.6 is 11.3 Å². The molecule has 2 unspecified atom stereocenters. The van der Waals surface area contributed by atoms with Gasteiger partial charge in [-0.05, 0) is 71.0 Å². The standard InChI is InChI=1S/C17H18OS/c18-17(16-7-8-19-11-16)14-5-6-15(17)10-13-4-2-1-3-12(13)9-14/h1-4,7-8,11,14-15,18H,5-6,9-10H2. The Labute approximate surface area is 117 Å². The van der Waals surface area contributed by atoms with Crippen molar-refractivity contribution < 1.29 is 5.11 Å². The number of aliphatic hydroxyl groups is 1. The Morgan fingerprint density at radius 3 is 2.16 bits per heavy atom. The molecule has 1 aromatic carbocycles. The highest BCUT2D eigenvalue weighted by molar-refractivity contribution is 7.08. The fraction of sp³-hybridized carbons (Fsp3) is 0.412. The number of rotatable bonds is 1. The van der Waals surface area contributed by atoms with Crippen molar-refractivity contribution in [2.45, 2.75) is 31.3 Å². The molecule has 0 spiro atoms. The summed E-state index contributed by atoms with van der Waals surface area (Å²) in [5.74, 6) is 0.770. The van der Waals surface area contributed by atoms with Gasteiger partial charge in [0.15, 0.2) is 0 Å². The van der Waals surface area contributed by atoms with E-state index in [9.17, 15) is 5.11 Å². The summed E-state index contributed by atoms with van der Waals surface area (Å²) >= 11 is 1.69. The van der Waals surface area contributed by atoms with Crippen LogP contribution in [-0.2, 0) is 18.4 Å². The van der Waals surface area contributed by atoms with Crippen LogP contribution in [0.3, 0.4) is 0 Å². The Kier molecular flexibility index (Phi) is 2.58. The minimum absolute atomic E-state index is 0.385. The smallest absolute Gasteiger partial charge is 0.0966 e. The van der Waals surface area contributed by atoms with E-state index >= 15 is 0 Å². The highest BCUT2D eigenvalue weighted by Crippen LogP contribution is 2.53. The molecule has 2 atom stereocenters. The summed E-state index contributed by atoms with van der Waals surface area (Å²) in [6.07, 6.45) is 4.37. The molecule has 2 bridgehead atoms. The van der Waals surface area contributed by atoms with Gasteiger partial charge >= 0.3 is 0 Å². The fourth-order valence-electron chi connectivity index (χ4n) is 4.14. The average Bonchev–Trinajstić information content (AvgIpc) is 2.99. The molecule has 0 radical (unpaired) electrons. The number of thiophene rings is 1. The van der Waals surface area contributed by atoms with Crippen molar-refractivity contribution in [2.75, 3.05) is 0 Å². The van der Waals surface area contributed by atoms with Crippen LogP contribution in [0.4, 0.5) is 0 Å². The summed E-state index contributed by atoms with van der Waals surface area (Å²) in [6, 6.07) is 10.9. The van der Waals surface area contributed by atoms with E-state index in [1.54, 1.807) is 11.3 Å². The lowest BCUT2D eigenvalue weighted by molar-refractivity contribution is -0.0391. The molecule has 1 saturated carbocycles. The van der Waals surface area contributed by atoms with Gasteiger partial charge in [0.2, 0.25) is 0 Å². The number of hydrogen-bond acceptors (Lipinski definition) is 2. The average molecular weight is 270 g/mol. The van der Waals surface area contributed by atoms with Gasteiger partial charge in [0.05, 0.1) is 5.60 Å². The summed E-state index contributed by atoms with van der Waals surface area (Å²) in [5, 5.41) is 15.6. The van der Waals surface area contributed by atoms with Crippen LogP contribution in [0.15, 0.2) is 41.1 Å². The molecule has 19 heavy (non-hydrogen) atoms. The van der Waals surface area contributed by atoms with Crippen molar-refractivity contribution in [3.63, 3.8) is 0 Å². The van der Waals surface area contributed by atoms with Gasteiger partial charge in [-0.1, -0.05) is 24.3 Å². The third-order valence-electron chi connectivity index (χ3n) is 5.14. The van der Waals surface area contributed by atoms with E-state index < -0.39 is 5.60 Å². The van der Waals surface area contributed by atoms with Crippen molar-refractivity contribution in [2.24, 2.45) is 11.8 Å². The van der Waals surface area contributed by atoms with Crippen LogP contribution < -0.4 is 0 Å². The molecule has 1 fully saturated rings. The number of hydrogen-bond donors (Lipinski definition) is 1. The molecule has 2 aliphatic carbocycles. The van der Waals surface area contributed by atoms with Crippen molar-refractivity contribution in [1.29, 1.82) is 0 Å². The third kappa shape index (κ3) is 1.63. The predicted molar refractivity (Wildman–Crippen MR) is 78.3 cm³/mol. The molecule has 1 aromatic heterocycles. The lowest BCUT2D eigenvalue weighted by atomic mass is 9.78. The Morgan fingerprint density at radius 2 is 1.63 bits per heavy atom. The number of fused-ring (bicyclic) bond motifs is 3. The van der Waals surface area contributed by atoms with E-state index in [-0.39, 0.29) is 0 Å². The second kappa shape index (κ2) is 4.19. The molecule has 1 N–H and O–H groups in total. The van der Waals surface area contributed by atoms with Gasteiger partial charge in [0.25, 0.3) is 0 Å². The van der Waals surface area contributed by atoms with E-state index in [1.807, 2.05) is 0 Å². The van der Waals surface area contributed by atoms with Gasteiger partial charge in [-0.25, -0.2) is 0 Å². The van der Waals surface area contributed by atoms with E-state index in [2.05, 4.69) is 41.1 Å². The summed E-state index contributed by atoms with van der Waals surface area (Å²) in [4.78, 5) is 0. The zero-order valence-electron chi connectivity index (χ0n) is 10.9. The monoisotopic (exact) mass is 270 g/mol. The summed E-state index contributed by atoms with van der Waals surface area (Å²) in [6.45, 7) is 0. The van der Waals surface area contributed by atoms with Crippen LogP contribution in [0.25, 0.3) is 0 Å². The molecule has 0 aliphatic heterocycles. The molecule has 0 amide bonds. The van der Waals surface area contributed by atoms with Crippen LogP contribution in [-0.4, -0.2) is 5.11 Å². The molecule has 4 rings (SSSR count). The van der Waals surface area contributed by atoms with Crippen molar-refractivity contribution in [1.82, 2.24) is 0 Å². The van der Waals surface area contributed by atoms with E-state index in [0.29, 0.717) is 11.8 Å². The van der Waals surface area contributed by atoms with Crippen LogP contribution in [0.2, 0.25) is 0 Å². The van der Waals surface area contributed by atoms with Crippen LogP contribution in [0.5, 0.6) is 0 Å². The van der Waals surface area contributed by atoms with Crippen LogP contribution in [0.1, 0.15) is 29.5 Å². The molecular formula is C17H18OS. The molecule has 2 aliphatic rings. The van der Waals surface area contributed by atoms with Crippen molar-refractivity contribution >= 4 is 11.3 Å². The maximum atomic E-state index is 11.4. The highest BCUT2D eigenvalue weighted by atomic mass is 32.1. The zero-order chi connectivity index (χ0) is 12.9. The normalized spacial score (nSPS) is 32.9. The van der Waals surface area contributed by atoms with E-state index in [0.717, 1.165) is 31.2 Å². The van der Waals surface area contributed by atoms with Gasteiger partial charge in [-0.2, -0.15) is 11.3 Å². The lowest BCUT2D eigenvalue weighted by Gasteiger charge is -2.33. The first-order chi connectivity index (χ1) is 9.28. The molecule has 2 heteroatoms. The lowest BCUT2D eigenvalue weighted by Crippen LogP contribution is -2.36. The highest BCUT2D eigenvalue weighted by Gasteiger charge is 2.51. The zero-order valence-corrected chi connectivity index (χ0v) is 11.7. The summed E-state index contributed by atoms with van der Waals surface area (Å²) in [7, 11) is 0. The maximum absolute atomic E-state index is 11.4. The Bertz CT molecular complexity index is 554. The second-order valence-electron chi connectivity index (χ2n) is 5.99. The van der Waals surface area contributed by atoms with Crippen LogP contribution in [0, 0.1) is 11.8 Å². The van der Waals surface area contributed by atoms with E-state index in [4.69, 9.17) is 0 Å². The topological polar surface area (TPSA) is 20.2 Å². The predicted octanol–water partition coefficient (Wildman–Crippen LogP) is 3.76. The Morgan fingerprint density at radius 1 is 1.00 bits per heavy atom. The quantitative estimate of drug-likeness (QED) is 0.836. The molecule has 1 nitrogen and oxygen atoms in total. The minimum atomic E-state index is -0.598. The van der Waals surface area contributed by atoms with Gasteiger partial charge in [0.1, 0.15) is 0 Å². The first kappa shape index (κ1) is 11.7. The first-order valence-corrected chi connectivity index (χ1v) is 8.04. The SMILES string of the molecule is OC1(c2ccsc2)C2CCC1Cc1ccccc1C2. The minimum Gasteiger partial charge on any atom is -0.385 e.